The predicted octanol–water partition coefficient (Wildman–Crippen LogP) is 2.93. The molecular formula is C18H24N4O. The molecule has 0 radical (unpaired) electrons. The van der Waals surface area contributed by atoms with Crippen molar-refractivity contribution < 1.29 is 4.79 Å². The number of nitrogens with one attached hydrogen (secondary N) is 1. The lowest BCUT2D eigenvalue weighted by atomic mass is 9.75. The van der Waals surface area contributed by atoms with Gasteiger partial charge in [0.1, 0.15) is 5.82 Å². The first kappa shape index (κ1) is 14.7. The Balaban J connectivity index is 1.34. The third-order valence-electron chi connectivity index (χ3n) is 5.53. The highest BCUT2D eigenvalue weighted by Crippen LogP contribution is 2.36. The fourth-order valence-electron chi connectivity index (χ4n) is 4.22. The van der Waals surface area contributed by atoms with Gasteiger partial charge in [0.05, 0.1) is 5.52 Å². The fourth-order valence-corrected chi connectivity index (χ4v) is 4.22. The van der Waals surface area contributed by atoms with E-state index >= 15 is 0 Å². The number of aryl methyl sites for hydroxylation is 1. The molecular weight excluding hydrogens is 288 g/mol. The number of pyridine rings is 1. The highest BCUT2D eigenvalue weighted by molar-refractivity contribution is 5.76. The molecule has 2 atom stereocenters. The standard InChI is InChI=1S/C18H24N4O/c23-17(22-11-9-13-4-1-2-5-14(13)12-22)8-7-16-20-15-6-3-10-19-18(15)21-16/h3,6,10,13-14H,1-2,4-5,7-9,11-12H2,(H,19,20,21). The highest BCUT2D eigenvalue weighted by Gasteiger charge is 2.32. The minimum Gasteiger partial charge on any atom is -0.342 e. The van der Waals surface area contributed by atoms with Crippen LogP contribution in [0.25, 0.3) is 11.2 Å². The number of hydrogen-bond acceptors (Lipinski definition) is 3. The second kappa shape index (κ2) is 6.30. The summed E-state index contributed by atoms with van der Waals surface area (Å²) in [6.45, 7) is 1.92. The third-order valence-corrected chi connectivity index (χ3v) is 5.53. The number of nitrogens with zero attached hydrogens (tertiary/aromatic N) is 3. The van der Waals surface area contributed by atoms with E-state index in [1.54, 1.807) is 6.20 Å². The van der Waals surface area contributed by atoms with Crippen LogP contribution in [0.2, 0.25) is 0 Å². The van der Waals surface area contributed by atoms with E-state index < -0.39 is 0 Å². The molecule has 0 bridgehead atoms. The minimum absolute atomic E-state index is 0.280. The van der Waals surface area contributed by atoms with Crippen LogP contribution in [0.4, 0.5) is 0 Å². The number of carbonyl (C=O) groups excluding carboxylic acids is 1. The topological polar surface area (TPSA) is 61.9 Å². The summed E-state index contributed by atoms with van der Waals surface area (Å²) in [5.74, 6) is 2.76. The monoisotopic (exact) mass is 312 g/mol. The average molecular weight is 312 g/mol. The molecule has 1 saturated heterocycles. The zero-order chi connectivity index (χ0) is 15.6. The van der Waals surface area contributed by atoms with E-state index in [2.05, 4.69) is 19.9 Å². The molecule has 5 nitrogen and oxygen atoms in total. The molecule has 2 aliphatic rings. The lowest BCUT2D eigenvalue weighted by molar-refractivity contribution is -0.134. The van der Waals surface area contributed by atoms with Crippen LogP contribution in [-0.4, -0.2) is 38.8 Å². The Hall–Kier alpha value is -1.91. The van der Waals surface area contributed by atoms with Crippen LogP contribution in [0.3, 0.4) is 0 Å². The number of H-pyrrole nitrogens is 1. The van der Waals surface area contributed by atoms with E-state index in [1.807, 2.05) is 12.1 Å². The van der Waals surface area contributed by atoms with Crippen LogP contribution in [-0.2, 0) is 11.2 Å². The highest BCUT2D eigenvalue weighted by atomic mass is 16.2. The van der Waals surface area contributed by atoms with Gasteiger partial charge in [-0.1, -0.05) is 19.3 Å². The summed E-state index contributed by atoms with van der Waals surface area (Å²) in [5.41, 5.74) is 1.68. The van der Waals surface area contributed by atoms with Crippen LogP contribution in [0.5, 0.6) is 0 Å². The number of aromatic nitrogens is 3. The van der Waals surface area contributed by atoms with Crippen molar-refractivity contribution in [1.82, 2.24) is 19.9 Å². The molecule has 4 rings (SSSR count). The van der Waals surface area contributed by atoms with Gasteiger partial charge in [-0.2, -0.15) is 0 Å². The second-order valence-corrected chi connectivity index (χ2v) is 6.99. The summed E-state index contributed by atoms with van der Waals surface area (Å²) in [6.07, 6.45) is 9.56. The van der Waals surface area contributed by atoms with Gasteiger partial charge in [-0.3, -0.25) is 4.79 Å². The number of amides is 1. The first-order chi connectivity index (χ1) is 11.3. The Kier molecular flexibility index (Phi) is 4.02. The van der Waals surface area contributed by atoms with Gasteiger partial charge in [0, 0.05) is 32.1 Å². The van der Waals surface area contributed by atoms with E-state index in [0.717, 1.165) is 41.9 Å². The third kappa shape index (κ3) is 3.09. The molecule has 2 unspecified atom stereocenters. The van der Waals surface area contributed by atoms with Gasteiger partial charge in [0.15, 0.2) is 5.65 Å². The SMILES string of the molecule is O=C(CCc1nc2ncccc2[nH]1)N1CCC2CCCCC2C1. The largest absolute Gasteiger partial charge is 0.342 e. The van der Waals surface area contributed by atoms with Crippen LogP contribution in [0.1, 0.15) is 44.3 Å². The van der Waals surface area contributed by atoms with Crippen LogP contribution in [0, 0.1) is 11.8 Å². The van der Waals surface area contributed by atoms with Crippen molar-refractivity contribution >= 4 is 17.1 Å². The van der Waals surface area contributed by atoms with Gasteiger partial charge in [0.25, 0.3) is 0 Å². The first-order valence-electron chi connectivity index (χ1n) is 8.87. The maximum Gasteiger partial charge on any atom is 0.223 e. The quantitative estimate of drug-likeness (QED) is 0.948. The van der Waals surface area contributed by atoms with Gasteiger partial charge in [0.2, 0.25) is 5.91 Å². The molecule has 23 heavy (non-hydrogen) atoms. The van der Waals surface area contributed by atoms with Crippen molar-refractivity contribution in [2.75, 3.05) is 13.1 Å². The summed E-state index contributed by atoms with van der Waals surface area (Å²) in [4.78, 5) is 26.6. The van der Waals surface area contributed by atoms with Gasteiger partial charge in [-0.15, -0.1) is 0 Å². The van der Waals surface area contributed by atoms with E-state index in [-0.39, 0.29) is 5.91 Å². The van der Waals surface area contributed by atoms with Gasteiger partial charge >= 0.3 is 0 Å². The number of likely N-dealkylation sites (tertiary alicyclic amines) is 1. The summed E-state index contributed by atoms with van der Waals surface area (Å²) in [7, 11) is 0. The molecule has 1 saturated carbocycles. The zero-order valence-corrected chi connectivity index (χ0v) is 13.5. The molecule has 1 aliphatic heterocycles. The van der Waals surface area contributed by atoms with E-state index in [0.29, 0.717) is 12.8 Å². The van der Waals surface area contributed by atoms with Crippen molar-refractivity contribution in [3.8, 4) is 0 Å². The number of aromatic amines is 1. The maximum atomic E-state index is 12.5. The molecule has 0 aromatic carbocycles. The second-order valence-electron chi connectivity index (χ2n) is 6.99. The number of piperidine rings is 1. The molecule has 2 aromatic heterocycles. The van der Waals surface area contributed by atoms with Crippen molar-refractivity contribution in [2.45, 2.75) is 44.9 Å². The summed E-state index contributed by atoms with van der Waals surface area (Å²) in [5, 5.41) is 0. The van der Waals surface area contributed by atoms with Gasteiger partial charge < -0.3 is 9.88 Å². The fraction of sp³-hybridized carbons (Fsp3) is 0.611. The Morgan fingerprint density at radius 3 is 3.00 bits per heavy atom. The Morgan fingerprint density at radius 2 is 2.13 bits per heavy atom. The van der Waals surface area contributed by atoms with Gasteiger partial charge in [-0.05, 0) is 36.8 Å². The van der Waals surface area contributed by atoms with Crippen LogP contribution >= 0.6 is 0 Å². The van der Waals surface area contributed by atoms with Crippen molar-refractivity contribution in [1.29, 1.82) is 0 Å². The molecule has 1 aliphatic carbocycles. The van der Waals surface area contributed by atoms with Crippen LogP contribution < -0.4 is 0 Å². The van der Waals surface area contributed by atoms with Crippen molar-refractivity contribution in [3.05, 3.63) is 24.2 Å². The van der Waals surface area contributed by atoms with E-state index in [4.69, 9.17) is 0 Å². The molecule has 1 amide bonds. The van der Waals surface area contributed by atoms with Crippen molar-refractivity contribution in [2.24, 2.45) is 11.8 Å². The molecule has 3 heterocycles. The molecule has 1 N–H and O–H groups in total. The van der Waals surface area contributed by atoms with Crippen molar-refractivity contribution in [3.63, 3.8) is 0 Å². The average Bonchev–Trinajstić information content (AvgIpc) is 3.02. The maximum absolute atomic E-state index is 12.5. The Bertz CT molecular complexity index is 662. The number of imidazole rings is 1. The lowest BCUT2D eigenvalue weighted by Gasteiger charge is -2.41. The molecule has 122 valence electrons. The number of rotatable bonds is 3. The lowest BCUT2D eigenvalue weighted by Crippen LogP contribution is -2.44. The normalized spacial score (nSPS) is 24.6. The first-order valence-corrected chi connectivity index (χ1v) is 8.87. The van der Waals surface area contributed by atoms with E-state index in [9.17, 15) is 4.79 Å². The smallest absolute Gasteiger partial charge is 0.223 e. The minimum atomic E-state index is 0.280. The number of carbonyl (C=O) groups is 1. The number of fused-ring (bicyclic) bond motifs is 2. The summed E-state index contributed by atoms with van der Waals surface area (Å²) in [6, 6.07) is 3.86. The summed E-state index contributed by atoms with van der Waals surface area (Å²) >= 11 is 0. The Labute approximate surface area is 136 Å². The summed E-state index contributed by atoms with van der Waals surface area (Å²) < 4.78 is 0. The molecule has 2 aromatic rings. The molecule has 0 spiro atoms. The molecule has 5 heteroatoms. The molecule has 2 fully saturated rings. The zero-order valence-electron chi connectivity index (χ0n) is 13.5. The number of hydrogen-bond donors (Lipinski definition) is 1. The Morgan fingerprint density at radius 1 is 1.26 bits per heavy atom. The predicted molar refractivity (Wildman–Crippen MR) is 88.9 cm³/mol. The van der Waals surface area contributed by atoms with Gasteiger partial charge in [-0.25, -0.2) is 9.97 Å². The van der Waals surface area contributed by atoms with Crippen LogP contribution in [0.15, 0.2) is 18.3 Å². The van der Waals surface area contributed by atoms with E-state index in [1.165, 1.54) is 32.1 Å².